The van der Waals surface area contributed by atoms with Crippen molar-refractivity contribution in [3.8, 4) is 12.1 Å². The molecule has 0 spiro atoms. The Kier molecular flexibility index (Phi) is 5.88. The fraction of sp³-hybridized carbons (Fsp3) is 0.818. The molecular formula is C11H15F3N2. The van der Waals surface area contributed by atoms with Crippen molar-refractivity contribution in [2.75, 3.05) is 0 Å². The molecule has 0 aliphatic heterocycles. The Bertz CT molecular complexity index is 269. The quantitative estimate of drug-likeness (QED) is 0.651. The third-order valence-corrected chi connectivity index (χ3v) is 2.47. The maximum Gasteiger partial charge on any atom is 0.389 e. The van der Waals surface area contributed by atoms with Gasteiger partial charge in [-0.1, -0.05) is 26.2 Å². The number of rotatable bonds is 6. The zero-order valence-corrected chi connectivity index (χ0v) is 9.27. The topological polar surface area (TPSA) is 47.6 Å². The van der Waals surface area contributed by atoms with Crippen molar-refractivity contribution < 1.29 is 13.2 Å². The molecule has 0 aromatic rings. The molecule has 0 fully saturated rings. The molecule has 0 aromatic heterocycles. The number of unbranched alkanes of at least 4 members (excludes halogenated alkanes) is 2. The summed E-state index contributed by atoms with van der Waals surface area (Å²) in [5, 5.41) is 17.7. The zero-order valence-electron chi connectivity index (χ0n) is 9.27. The number of alkyl halides is 3. The molecule has 0 saturated carbocycles. The van der Waals surface area contributed by atoms with E-state index in [4.69, 9.17) is 10.5 Å². The Morgan fingerprint density at radius 2 is 1.50 bits per heavy atom. The highest BCUT2D eigenvalue weighted by Gasteiger charge is 2.36. The lowest BCUT2D eigenvalue weighted by atomic mass is 9.81. The minimum Gasteiger partial charge on any atom is -0.197 e. The summed E-state index contributed by atoms with van der Waals surface area (Å²) in [6.07, 6.45) is -3.21. The molecule has 16 heavy (non-hydrogen) atoms. The van der Waals surface area contributed by atoms with Crippen LogP contribution in [0, 0.1) is 28.1 Å². The minimum atomic E-state index is -4.30. The number of hydrogen-bond donors (Lipinski definition) is 0. The van der Waals surface area contributed by atoms with E-state index in [-0.39, 0.29) is 6.42 Å². The van der Waals surface area contributed by atoms with Gasteiger partial charge in [-0.3, -0.25) is 0 Å². The van der Waals surface area contributed by atoms with Crippen molar-refractivity contribution in [2.45, 2.75) is 51.6 Å². The normalized spacial score (nSPS) is 11.9. The van der Waals surface area contributed by atoms with Crippen LogP contribution in [-0.2, 0) is 0 Å². The third kappa shape index (κ3) is 5.60. The summed E-state index contributed by atoms with van der Waals surface area (Å²) < 4.78 is 36.1. The molecule has 0 bridgehead atoms. The second-order valence-electron chi connectivity index (χ2n) is 3.88. The Morgan fingerprint density at radius 1 is 0.938 bits per heavy atom. The molecule has 0 amide bonds. The summed E-state index contributed by atoms with van der Waals surface area (Å²) in [5.41, 5.74) is -1.47. The van der Waals surface area contributed by atoms with E-state index in [0.717, 1.165) is 12.8 Å². The van der Waals surface area contributed by atoms with Gasteiger partial charge in [-0.15, -0.1) is 0 Å². The predicted octanol–water partition coefficient (Wildman–Crippen LogP) is 3.94. The van der Waals surface area contributed by atoms with Gasteiger partial charge in [0.15, 0.2) is 0 Å². The molecule has 90 valence electrons. The van der Waals surface area contributed by atoms with Crippen molar-refractivity contribution in [1.29, 1.82) is 10.5 Å². The molecular weight excluding hydrogens is 217 g/mol. The smallest absolute Gasteiger partial charge is 0.197 e. The van der Waals surface area contributed by atoms with E-state index < -0.39 is 24.4 Å². The zero-order chi connectivity index (χ0) is 12.7. The lowest BCUT2D eigenvalue weighted by Gasteiger charge is -2.19. The van der Waals surface area contributed by atoms with Gasteiger partial charge >= 0.3 is 6.18 Å². The Morgan fingerprint density at radius 3 is 1.88 bits per heavy atom. The van der Waals surface area contributed by atoms with Crippen LogP contribution in [0.5, 0.6) is 0 Å². The van der Waals surface area contributed by atoms with Crippen molar-refractivity contribution >= 4 is 0 Å². The van der Waals surface area contributed by atoms with E-state index in [9.17, 15) is 13.2 Å². The van der Waals surface area contributed by atoms with E-state index in [0.29, 0.717) is 6.42 Å². The fourth-order valence-electron chi connectivity index (χ4n) is 1.41. The largest absolute Gasteiger partial charge is 0.389 e. The average Bonchev–Trinajstić information content (AvgIpc) is 2.23. The fourth-order valence-corrected chi connectivity index (χ4v) is 1.41. The first-order chi connectivity index (χ1) is 7.39. The SMILES string of the molecule is CCCCCC(C#N)(C#N)CCC(F)(F)F. The second kappa shape index (κ2) is 6.37. The number of nitrogens with zero attached hydrogens (tertiary/aromatic N) is 2. The molecule has 0 aromatic carbocycles. The van der Waals surface area contributed by atoms with Crippen molar-refractivity contribution in [1.82, 2.24) is 0 Å². The van der Waals surface area contributed by atoms with Gasteiger partial charge in [0.25, 0.3) is 0 Å². The van der Waals surface area contributed by atoms with Gasteiger partial charge in [-0.2, -0.15) is 23.7 Å². The van der Waals surface area contributed by atoms with Crippen LogP contribution in [0.4, 0.5) is 13.2 Å². The molecule has 0 atom stereocenters. The van der Waals surface area contributed by atoms with E-state index in [1.807, 2.05) is 6.92 Å². The first-order valence-corrected chi connectivity index (χ1v) is 5.28. The molecule has 5 heteroatoms. The van der Waals surface area contributed by atoms with Crippen molar-refractivity contribution in [2.24, 2.45) is 5.41 Å². The Balaban J connectivity index is 4.36. The molecule has 0 heterocycles. The molecule has 0 aliphatic carbocycles. The van der Waals surface area contributed by atoms with Crippen LogP contribution in [0.25, 0.3) is 0 Å². The summed E-state index contributed by atoms with van der Waals surface area (Å²) in [7, 11) is 0. The van der Waals surface area contributed by atoms with Crippen LogP contribution in [0.15, 0.2) is 0 Å². The van der Waals surface area contributed by atoms with Crippen LogP contribution in [-0.4, -0.2) is 6.18 Å². The number of hydrogen-bond acceptors (Lipinski definition) is 2. The molecule has 0 aliphatic rings. The summed E-state index contributed by atoms with van der Waals surface area (Å²) in [6, 6.07) is 3.47. The highest BCUT2D eigenvalue weighted by Crippen LogP contribution is 2.34. The monoisotopic (exact) mass is 232 g/mol. The van der Waals surface area contributed by atoms with Crippen LogP contribution >= 0.6 is 0 Å². The molecule has 0 radical (unpaired) electrons. The first kappa shape index (κ1) is 14.8. The lowest BCUT2D eigenvalue weighted by Crippen LogP contribution is -2.20. The first-order valence-electron chi connectivity index (χ1n) is 5.28. The predicted molar refractivity (Wildman–Crippen MR) is 53.1 cm³/mol. The second-order valence-corrected chi connectivity index (χ2v) is 3.88. The van der Waals surface area contributed by atoms with Crippen LogP contribution < -0.4 is 0 Å². The van der Waals surface area contributed by atoms with Crippen LogP contribution in [0.3, 0.4) is 0 Å². The third-order valence-electron chi connectivity index (χ3n) is 2.47. The highest BCUT2D eigenvalue weighted by molar-refractivity contribution is 5.13. The maximum atomic E-state index is 12.0. The summed E-state index contributed by atoms with van der Waals surface area (Å²) in [5.74, 6) is 0. The van der Waals surface area contributed by atoms with Crippen molar-refractivity contribution in [3.63, 3.8) is 0 Å². The molecule has 0 saturated heterocycles. The van der Waals surface area contributed by atoms with Gasteiger partial charge in [0, 0.05) is 6.42 Å². The van der Waals surface area contributed by atoms with E-state index in [1.54, 1.807) is 12.1 Å². The summed E-state index contributed by atoms with van der Waals surface area (Å²) in [6.45, 7) is 1.95. The van der Waals surface area contributed by atoms with E-state index in [2.05, 4.69) is 0 Å². The maximum absolute atomic E-state index is 12.0. The Hall–Kier alpha value is -1.23. The Labute approximate surface area is 93.7 Å². The van der Waals surface area contributed by atoms with E-state index in [1.165, 1.54) is 0 Å². The average molecular weight is 232 g/mol. The minimum absolute atomic E-state index is 0.226. The number of halogens is 3. The van der Waals surface area contributed by atoms with Gasteiger partial charge in [-0.05, 0) is 12.8 Å². The summed E-state index contributed by atoms with van der Waals surface area (Å²) >= 11 is 0. The molecule has 2 nitrogen and oxygen atoms in total. The van der Waals surface area contributed by atoms with Gasteiger partial charge in [0.05, 0.1) is 12.1 Å². The van der Waals surface area contributed by atoms with E-state index >= 15 is 0 Å². The summed E-state index contributed by atoms with van der Waals surface area (Å²) in [4.78, 5) is 0. The van der Waals surface area contributed by atoms with Gasteiger partial charge in [0.1, 0.15) is 5.41 Å². The molecule has 0 unspecified atom stereocenters. The van der Waals surface area contributed by atoms with Crippen molar-refractivity contribution in [3.05, 3.63) is 0 Å². The highest BCUT2D eigenvalue weighted by atomic mass is 19.4. The van der Waals surface area contributed by atoms with Gasteiger partial charge in [-0.25, -0.2) is 0 Å². The van der Waals surface area contributed by atoms with Gasteiger partial charge < -0.3 is 0 Å². The standard InChI is InChI=1S/C11H15F3N2/c1-2-3-4-5-10(8-15,9-16)6-7-11(12,13)14/h2-7H2,1H3. The van der Waals surface area contributed by atoms with Crippen LogP contribution in [0.2, 0.25) is 0 Å². The molecule has 0 N–H and O–H groups in total. The number of nitriles is 2. The molecule has 0 rings (SSSR count). The lowest BCUT2D eigenvalue weighted by molar-refractivity contribution is -0.138. The van der Waals surface area contributed by atoms with Crippen LogP contribution in [0.1, 0.15) is 45.4 Å². The van der Waals surface area contributed by atoms with Gasteiger partial charge in [0.2, 0.25) is 0 Å².